The van der Waals surface area contributed by atoms with Gasteiger partial charge in [0.05, 0.1) is 10.8 Å². The Hall–Kier alpha value is -0.500. The third kappa shape index (κ3) is 5.56. The topological polar surface area (TPSA) is 63.2 Å². The molecular formula is C11H15ClFNO3S2. The highest BCUT2D eigenvalue weighted by atomic mass is 35.5. The van der Waals surface area contributed by atoms with Crippen LogP contribution < -0.4 is 4.72 Å². The molecule has 0 saturated heterocycles. The fourth-order valence-corrected chi connectivity index (χ4v) is 3.11. The molecular weight excluding hydrogens is 313 g/mol. The summed E-state index contributed by atoms with van der Waals surface area (Å²) in [4.78, 5) is 0. The van der Waals surface area contributed by atoms with Crippen LogP contribution in [-0.2, 0) is 26.6 Å². The van der Waals surface area contributed by atoms with E-state index in [2.05, 4.69) is 4.72 Å². The van der Waals surface area contributed by atoms with Crippen LogP contribution in [0.2, 0.25) is 5.02 Å². The molecule has 0 unspecified atom stereocenters. The zero-order chi connectivity index (χ0) is 14.6. The van der Waals surface area contributed by atoms with E-state index in [1.165, 1.54) is 18.4 Å². The molecule has 0 amide bonds. The molecule has 0 heterocycles. The van der Waals surface area contributed by atoms with E-state index in [1.54, 1.807) is 6.92 Å². The molecule has 108 valence electrons. The summed E-state index contributed by atoms with van der Waals surface area (Å²) in [5, 5.41) is -0.387. The first-order chi connectivity index (χ1) is 8.71. The molecule has 8 heteroatoms. The van der Waals surface area contributed by atoms with Gasteiger partial charge in [-0.25, -0.2) is 17.5 Å². The van der Waals surface area contributed by atoms with Gasteiger partial charge in [-0.3, -0.25) is 4.21 Å². The van der Waals surface area contributed by atoms with Crippen molar-refractivity contribution in [3.05, 3.63) is 34.6 Å². The average Bonchev–Trinajstić information content (AvgIpc) is 2.30. The molecule has 2 atom stereocenters. The Labute approximate surface area is 119 Å². The van der Waals surface area contributed by atoms with Gasteiger partial charge < -0.3 is 0 Å². The number of hydrogen-bond donors (Lipinski definition) is 1. The van der Waals surface area contributed by atoms with Crippen LogP contribution in [0.1, 0.15) is 12.5 Å². The molecule has 0 bridgehead atoms. The van der Waals surface area contributed by atoms with E-state index in [4.69, 9.17) is 11.6 Å². The van der Waals surface area contributed by atoms with Gasteiger partial charge in [-0.15, -0.1) is 0 Å². The van der Waals surface area contributed by atoms with Gasteiger partial charge in [0.15, 0.2) is 0 Å². The molecule has 0 radical (unpaired) electrons. The van der Waals surface area contributed by atoms with E-state index < -0.39 is 26.6 Å². The van der Waals surface area contributed by atoms with Gasteiger partial charge in [0.25, 0.3) is 0 Å². The number of sulfonamides is 1. The Morgan fingerprint density at radius 1 is 1.47 bits per heavy atom. The number of benzene rings is 1. The van der Waals surface area contributed by atoms with Crippen molar-refractivity contribution in [1.82, 2.24) is 4.72 Å². The third-order valence-electron chi connectivity index (χ3n) is 2.50. The summed E-state index contributed by atoms with van der Waals surface area (Å²) in [5.41, 5.74) is 0.393. The summed E-state index contributed by atoms with van der Waals surface area (Å²) >= 11 is 5.58. The normalized spacial score (nSPS) is 15.2. The summed E-state index contributed by atoms with van der Waals surface area (Å²) in [6.07, 6.45) is 1.51. The predicted octanol–water partition coefficient (Wildman–Crippen LogP) is 1.67. The fraction of sp³-hybridized carbons (Fsp3) is 0.455. The second-order valence-corrected chi connectivity index (χ2v) is 8.18. The molecule has 0 aliphatic rings. The maximum absolute atomic E-state index is 12.9. The Bertz CT molecular complexity index is 577. The maximum atomic E-state index is 12.9. The van der Waals surface area contributed by atoms with Crippen LogP contribution in [0.4, 0.5) is 4.39 Å². The standard InChI is InChI=1S/C11H15ClFNO3S2/c1-8(18(2)15)6-14-19(16,17)7-9-3-4-11(13)10(12)5-9/h3-5,8,14H,6-7H2,1-2H3/t8-,18-/m1/s1. The van der Waals surface area contributed by atoms with Crippen LogP contribution in [0, 0.1) is 5.82 Å². The molecule has 0 saturated carbocycles. The van der Waals surface area contributed by atoms with Crippen molar-refractivity contribution in [2.24, 2.45) is 0 Å². The summed E-state index contributed by atoms with van der Waals surface area (Å²) in [5.74, 6) is -0.887. The van der Waals surface area contributed by atoms with Crippen LogP contribution >= 0.6 is 11.6 Å². The lowest BCUT2D eigenvalue weighted by molar-refractivity contribution is 0.579. The van der Waals surface area contributed by atoms with E-state index in [9.17, 15) is 17.0 Å². The number of halogens is 2. The minimum Gasteiger partial charge on any atom is -0.260 e. The fourth-order valence-electron chi connectivity index (χ4n) is 1.26. The SMILES string of the molecule is C[C@H](CNS(=O)(=O)Cc1ccc(F)c(Cl)c1)[S@@](C)=O. The highest BCUT2D eigenvalue weighted by Crippen LogP contribution is 2.17. The van der Waals surface area contributed by atoms with Gasteiger partial charge in [-0.05, 0) is 24.6 Å². The van der Waals surface area contributed by atoms with Crippen LogP contribution in [0.5, 0.6) is 0 Å². The van der Waals surface area contributed by atoms with Crippen LogP contribution in [-0.4, -0.2) is 30.7 Å². The van der Waals surface area contributed by atoms with Crippen molar-refractivity contribution >= 4 is 32.4 Å². The van der Waals surface area contributed by atoms with Crippen molar-refractivity contribution < 1.29 is 17.0 Å². The molecule has 19 heavy (non-hydrogen) atoms. The lowest BCUT2D eigenvalue weighted by atomic mass is 10.2. The molecule has 0 spiro atoms. The largest absolute Gasteiger partial charge is 0.260 e. The number of hydrogen-bond acceptors (Lipinski definition) is 3. The van der Waals surface area contributed by atoms with Crippen molar-refractivity contribution in [1.29, 1.82) is 0 Å². The summed E-state index contributed by atoms with van der Waals surface area (Å²) < 4.78 is 50.0. The highest BCUT2D eigenvalue weighted by Gasteiger charge is 2.15. The zero-order valence-corrected chi connectivity index (χ0v) is 12.9. The van der Waals surface area contributed by atoms with Crippen molar-refractivity contribution in [3.8, 4) is 0 Å². The molecule has 1 N–H and O–H groups in total. The van der Waals surface area contributed by atoms with E-state index in [-0.39, 0.29) is 22.6 Å². The quantitative estimate of drug-likeness (QED) is 0.864. The summed E-state index contributed by atoms with van der Waals surface area (Å²) in [7, 11) is -4.65. The molecule has 1 rings (SSSR count). The van der Waals surface area contributed by atoms with Gasteiger partial charge in [-0.1, -0.05) is 17.7 Å². The molecule has 4 nitrogen and oxygen atoms in total. The number of rotatable bonds is 6. The first kappa shape index (κ1) is 16.6. The lowest BCUT2D eigenvalue weighted by Crippen LogP contribution is -2.33. The first-order valence-electron chi connectivity index (χ1n) is 5.45. The first-order valence-corrected chi connectivity index (χ1v) is 9.10. The van der Waals surface area contributed by atoms with E-state index in [0.29, 0.717) is 5.56 Å². The minimum atomic E-state index is -3.56. The van der Waals surface area contributed by atoms with Crippen LogP contribution in [0.3, 0.4) is 0 Å². The highest BCUT2D eigenvalue weighted by molar-refractivity contribution is 7.88. The second-order valence-electron chi connectivity index (χ2n) is 4.17. The minimum absolute atomic E-state index is 0.0976. The van der Waals surface area contributed by atoms with Crippen molar-refractivity contribution in [3.63, 3.8) is 0 Å². The molecule has 0 aromatic heterocycles. The average molecular weight is 328 g/mol. The molecule has 0 aliphatic heterocycles. The molecule has 0 aliphatic carbocycles. The monoisotopic (exact) mass is 327 g/mol. The van der Waals surface area contributed by atoms with Crippen molar-refractivity contribution in [2.45, 2.75) is 17.9 Å². The van der Waals surface area contributed by atoms with Crippen molar-refractivity contribution in [2.75, 3.05) is 12.8 Å². The lowest BCUT2D eigenvalue weighted by Gasteiger charge is -2.11. The molecule has 1 aromatic rings. The van der Waals surface area contributed by atoms with Gasteiger partial charge in [0, 0.05) is 28.9 Å². The van der Waals surface area contributed by atoms with Gasteiger partial charge in [-0.2, -0.15) is 0 Å². The predicted molar refractivity (Wildman–Crippen MR) is 75.6 cm³/mol. The summed E-state index contributed by atoms with van der Waals surface area (Å²) in [6.45, 7) is 1.79. The van der Waals surface area contributed by atoms with Gasteiger partial charge in [0.2, 0.25) is 10.0 Å². The zero-order valence-electron chi connectivity index (χ0n) is 10.5. The van der Waals surface area contributed by atoms with E-state index in [0.717, 1.165) is 6.07 Å². The smallest absolute Gasteiger partial charge is 0.215 e. The van der Waals surface area contributed by atoms with Crippen LogP contribution in [0.15, 0.2) is 18.2 Å². The second kappa shape index (κ2) is 6.78. The maximum Gasteiger partial charge on any atom is 0.215 e. The van der Waals surface area contributed by atoms with E-state index >= 15 is 0 Å². The molecule has 1 aromatic carbocycles. The Morgan fingerprint density at radius 2 is 2.11 bits per heavy atom. The number of nitrogens with one attached hydrogen (secondary N) is 1. The van der Waals surface area contributed by atoms with Gasteiger partial charge >= 0.3 is 0 Å². The van der Waals surface area contributed by atoms with E-state index in [1.807, 2.05) is 0 Å². The van der Waals surface area contributed by atoms with Gasteiger partial charge in [0.1, 0.15) is 5.82 Å². The Morgan fingerprint density at radius 3 is 2.63 bits per heavy atom. The molecule has 0 fully saturated rings. The van der Waals surface area contributed by atoms with Crippen LogP contribution in [0.25, 0.3) is 0 Å². The summed E-state index contributed by atoms with van der Waals surface area (Å²) in [6, 6.07) is 3.76. The Balaban J connectivity index is 2.69. The third-order valence-corrected chi connectivity index (χ3v) is 5.41. The Kier molecular flexibility index (Phi) is 5.91.